The van der Waals surface area contributed by atoms with Crippen LogP contribution in [-0.4, -0.2) is 24.0 Å². The van der Waals surface area contributed by atoms with Gasteiger partial charge >= 0.3 is 0 Å². The Morgan fingerprint density at radius 2 is 1.77 bits per heavy atom. The van der Waals surface area contributed by atoms with Crippen molar-refractivity contribution in [2.24, 2.45) is 5.73 Å². The van der Waals surface area contributed by atoms with Gasteiger partial charge in [0.15, 0.2) is 0 Å². The van der Waals surface area contributed by atoms with Crippen LogP contribution in [0.3, 0.4) is 0 Å². The third kappa shape index (κ3) is 4.58. The molecule has 3 rings (SSSR count). The molecule has 1 aromatic heterocycles. The molecule has 2 heterocycles. The summed E-state index contributed by atoms with van der Waals surface area (Å²) in [5, 5.41) is 19.6. The maximum absolute atomic E-state index is 12.2. The Hall–Kier alpha value is -3.03. The third-order valence-corrected chi connectivity index (χ3v) is 6.58. The maximum Gasteiger partial charge on any atom is 0.235 e. The highest BCUT2D eigenvalue weighted by Gasteiger charge is 2.27. The molecule has 2 N–H and O–H groups in total. The van der Waals surface area contributed by atoms with E-state index in [0.29, 0.717) is 34.0 Å². The van der Waals surface area contributed by atoms with E-state index in [4.69, 9.17) is 10.7 Å². The van der Waals surface area contributed by atoms with Crippen LogP contribution < -0.4 is 10.6 Å². The molecule has 0 saturated carbocycles. The molecular weight excluding hydrogens is 394 g/mol. The number of thioether (sulfide) groups is 1. The number of nitrogens with zero attached hydrogens (tertiary/aromatic N) is 4. The number of hydrogen-bond acceptors (Lipinski definition) is 6. The van der Waals surface area contributed by atoms with Crippen LogP contribution in [0, 0.1) is 22.7 Å². The van der Waals surface area contributed by atoms with E-state index in [1.165, 1.54) is 11.8 Å². The van der Waals surface area contributed by atoms with E-state index in [2.05, 4.69) is 17.0 Å². The van der Waals surface area contributed by atoms with Gasteiger partial charge in [-0.2, -0.15) is 10.5 Å². The predicted octanol–water partition coefficient (Wildman–Crippen LogP) is 4.09. The number of nitrogens with two attached hydrogens (primary N) is 1. The average Bonchev–Trinajstić information content (AvgIpc) is 3.06. The first-order chi connectivity index (χ1) is 14.6. The Kier molecular flexibility index (Phi) is 7.32. The van der Waals surface area contributed by atoms with Crippen LogP contribution in [0.5, 0.6) is 0 Å². The third-order valence-electron chi connectivity index (χ3n) is 5.32. The lowest BCUT2D eigenvalue weighted by Gasteiger charge is -2.25. The lowest BCUT2D eigenvalue weighted by molar-refractivity contribution is -0.117. The molecule has 1 saturated heterocycles. The lowest BCUT2D eigenvalue weighted by atomic mass is 10.0. The number of amides is 1. The second-order valence-electron chi connectivity index (χ2n) is 7.26. The largest absolute Gasteiger partial charge is 0.368 e. The molecular formula is C23H25N5OS. The fraction of sp³-hybridized carbons (Fsp3) is 0.391. The van der Waals surface area contributed by atoms with E-state index in [1.54, 1.807) is 0 Å². The number of hydrogen-bond donors (Lipinski definition) is 1. The standard InChI is InChI=1S/C23H25N5OS/c1-2-17-18(14-24)22(28-12-8-3-4-9-13-28)27-23(19(17)15-25)30-20(21(26)29)16-10-6-5-7-11-16/h5-7,10-11,20H,2-4,8-9,12-13H2,1H3,(H2,26,29). The first kappa shape index (κ1) is 21.7. The van der Waals surface area contributed by atoms with Crippen molar-refractivity contribution in [2.75, 3.05) is 18.0 Å². The molecule has 1 amide bonds. The molecule has 1 unspecified atom stereocenters. The van der Waals surface area contributed by atoms with Gasteiger partial charge in [0.05, 0.1) is 11.1 Å². The summed E-state index contributed by atoms with van der Waals surface area (Å²) in [6.07, 6.45) is 4.95. The SMILES string of the molecule is CCc1c(C#N)c(SC(C(N)=O)c2ccccc2)nc(N2CCCCCC2)c1C#N. The maximum atomic E-state index is 12.2. The number of anilines is 1. The summed E-state index contributed by atoms with van der Waals surface area (Å²) in [6.45, 7) is 3.60. The van der Waals surface area contributed by atoms with E-state index in [9.17, 15) is 15.3 Å². The number of primary amides is 1. The summed E-state index contributed by atoms with van der Waals surface area (Å²) in [5.41, 5.74) is 7.98. The van der Waals surface area contributed by atoms with Crippen molar-refractivity contribution in [3.8, 4) is 12.1 Å². The molecule has 0 aliphatic carbocycles. The summed E-state index contributed by atoms with van der Waals surface area (Å²) >= 11 is 1.19. The molecule has 30 heavy (non-hydrogen) atoms. The van der Waals surface area contributed by atoms with Gasteiger partial charge in [-0.3, -0.25) is 4.79 Å². The van der Waals surface area contributed by atoms with Gasteiger partial charge < -0.3 is 10.6 Å². The van der Waals surface area contributed by atoms with Crippen molar-refractivity contribution in [2.45, 2.75) is 49.3 Å². The number of carbonyl (C=O) groups is 1. The summed E-state index contributed by atoms with van der Waals surface area (Å²) in [6, 6.07) is 13.8. The van der Waals surface area contributed by atoms with Gasteiger partial charge in [-0.05, 0) is 30.4 Å². The van der Waals surface area contributed by atoms with E-state index >= 15 is 0 Å². The molecule has 1 aliphatic rings. The molecule has 1 aromatic carbocycles. The van der Waals surface area contributed by atoms with Gasteiger partial charge in [-0.15, -0.1) is 0 Å². The molecule has 0 spiro atoms. The molecule has 6 nitrogen and oxygen atoms in total. The highest BCUT2D eigenvalue weighted by Crippen LogP contribution is 2.39. The van der Waals surface area contributed by atoms with Crippen LogP contribution in [-0.2, 0) is 11.2 Å². The first-order valence-electron chi connectivity index (χ1n) is 10.2. The molecule has 0 bridgehead atoms. The van der Waals surface area contributed by atoms with Crippen LogP contribution in [0.15, 0.2) is 35.4 Å². The van der Waals surface area contributed by atoms with Gasteiger partial charge in [0.2, 0.25) is 5.91 Å². The number of nitriles is 2. The highest BCUT2D eigenvalue weighted by molar-refractivity contribution is 8.00. The number of pyridine rings is 1. The van der Waals surface area contributed by atoms with Crippen molar-refractivity contribution in [3.63, 3.8) is 0 Å². The smallest absolute Gasteiger partial charge is 0.235 e. The van der Waals surface area contributed by atoms with Crippen LogP contribution in [0.4, 0.5) is 5.82 Å². The Balaban J connectivity index is 2.13. The summed E-state index contributed by atoms with van der Waals surface area (Å²) < 4.78 is 0. The van der Waals surface area contributed by atoms with Crippen molar-refractivity contribution >= 4 is 23.5 Å². The quantitative estimate of drug-likeness (QED) is 0.707. The average molecular weight is 420 g/mol. The number of carbonyl (C=O) groups excluding carboxylic acids is 1. The number of rotatable bonds is 6. The topological polar surface area (TPSA) is 107 Å². The highest BCUT2D eigenvalue weighted by atomic mass is 32.2. The van der Waals surface area contributed by atoms with Crippen LogP contribution >= 0.6 is 11.8 Å². The first-order valence-corrected chi connectivity index (χ1v) is 11.1. The van der Waals surface area contributed by atoms with Gasteiger partial charge in [0.25, 0.3) is 0 Å². The minimum atomic E-state index is -0.666. The molecule has 1 atom stereocenters. The monoisotopic (exact) mass is 419 g/mol. The molecule has 0 radical (unpaired) electrons. The van der Waals surface area contributed by atoms with Crippen LogP contribution in [0.2, 0.25) is 0 Å². The summed E-state index contributed by atoms with van der Waals surface area (Å²) in [7, 11) is 0. The van der Waals surface area contributed by atoms with Gasteiger partial charge in [-0.1, -0.05) is 61.9 Å². The zero-order valence-corrected chi connectivity index (χ0v) is 17.9. The number of aromatic nitrogens is 1. The van der Waals surface area contributed by atoms with E-state index in [-0.39, 0.29) is 0 Å². The van der Waals surface area contributed by atoms with Crippen LogP contribution in [0.1, 0.15) is 60.1 Å². The zero-order chi connectivity index (χ0) is 21.5. The van der Waals surface area contributed by atoms with Gasteiger partial charge in [-0.25, -0.2) is 4.98 Å². The van der Waals surface area contributed by atoms with Crippen molar-refractivity contribution in [1.82, 2.24) is 4.98 Å². The minimum Gasteiger partial charge on any atom is -0.368 e. The summed E-state index contributed by atoms with van der Waals surface area (Å²) in [5.74, 6) is 0.129. The zero-order valence-electron chi connectivity index (χ0n) is 17.1. The molecule has 154 valence electrons. The predicted molar refractivity (Wildman–Crippen MR) is 118 cm³/mol. The van der Waals surface area contributed by atoms with Crippen molar-refractivity contribution in [3.05, 3.63) is 52.6 Å². The molecule has 7 heteroatoms. The molecule has 2 aromatic rings. The minimum absolute atomic E-state index is 0.361. The Bertz CT molecular complexity index is 985. The van der Waals surface area contributed by atoms with Gasteiger partial charge in [0, 0.05) is 13.1 Å². The summed E-state index contributed by atoms with van der Waals surface area (Å²) in [4.78, 5) is 19.2. The molecule has 1 aliphatic heterocycles. The van der Waals surface area contributed by atoms with E-state index in [0.717, 1.165) is 44.3 Å². The lowest BCUT2D eigenvalue weighted by Crippen LogP contribution is -2.27. The number of benzene rings is 1. The Morgan fingerprint density at radius 3 is 2.30 bits per heavy atom. The van der Waals surface area contributed by atoms with Crippen molar-refractivity contribution < 1.29 is 4.79 Å². The molecule has 1 fully saturated rings. The fourth-order valence-electron chi connectivity index (χ4n) is 3.81. The Labute approximate surface area is 181 Å². The van der Waals surface area contributed by atoms with Crippen molar-refractivity contribution in [1.29, 1.82) is 10.5 Å². The Morgan fingerprint density at radius 1 is 1.13 bits per heavy atom. The van der Waals surface area contributed by atoms with E-state index < -0.39 is 11.2 Å². The van der Waals surface area contributed by atoms with Gasteiger partial charge in [0.1, 0.15) is 28.2 Å². The normalized spacial score (nSPS) is 15.0. The van der Waals surface area contributed by atoms with Crippen LogP contribution in [0.25, 0.3) is 0 Å². The second-order valence-corrected chi connectivity index (χ2v) is 8.35. The van der Waals surface area contributed by atoms with E-state index in [1.807, 2.05) is 37.3 Å². The second kappa shape index (κ2) is 10.1. The fourth-order valence-corrected chi connectivity index (χ4v) is 4.87.